The first kappa shape index (κ1) is 13.1. The van der Waals surface area contributed by atoms with Crippen molar-refractivity contribution < 1.29 is 24.8 Å². The Morgan fingerprint density at radius 3 is 2.90 bits per heavy atom. The third-order valence-corrected chi connectivity index (χ3v) is 5.32. The van der Waals surface area contributed by atoms with Crippen molar-refractivity contribution in [2.24, 2.45) is 5.92 Å². The van der Waals surface area contributed by atoms with Crippen LogP contribution >= 0.6 is 15.9 Å². The molecule has 1 N–H and O–H groups in total. The van der Waals surface area contributed by atoms with E-state index in [1.54, 1.807) is 6.07 Å². The largest absolute Gasteiger partial charge is 0.493 e. The zero-order valence-electron chi connectivity index (χ0n) is 23.8. The van der Waals surface area contributed by atoms with Crippen LogP contribution in [0.4, 0.5) is 15.9 Å². The van der Waals surface area contributed by atoms with Gasteiger partial charge in [0.1, 0.15) is 18.0 Å². The van der Waals surface area contributed by atoms with Gasteiger partial charge in [-0.2, -0.15) is 0 Å². The molecule has 4 rings (SSSR count). The van der Waals surface area contributed by atoms with Crippen molar-refractivity contribution in [3.05, 3.63) is 46.9 Å². The first-order chi connectivity index (χ1) is 17.6. The van der Waals surface area contributed by atoms with Crippen LogP contribution in [0.15, 0.2) is 41.1 Å². The molecule has 3 aromatic rings. The SMILES string of the molecule is [2H]C([2H])([2H])Oc1cc2c(Nc3ccc(Br)cc3F)ncnc2cc1OC([2H])([2H])C1CCN(C([2H])([2H])[2H])CC1. The summed E-state index contributed by atoms with van der Waals surface area (Å²) in [4.78, 5) is 9.63. The van der Waals surface area contributed by atoms with Crippen molar-refractivity contribution in [2.45, 2.75) is 12.8 Å². The minimum Gasteiger partial charge on any atom is -0.493 e. The van der Waals surface area contributed by atoms with Crippen LogP contribution in [0.5, 0.6) is 11.5 Å². The van der Waals surface area contributed by atoms with Crippen LogP contribution < -0.4 is 14.8 Å². The predicted molar refractivity (Wildman–Crippen MR) is 119 cm³/mol. The number of rotatable bonds is 6. The van der Waals surface area contributed by atoms with Gasteiger partial charge in [-0.25, -0.2) is 14.4 Å². The van der Waals surface area contributed by atoms with Gasteiger partial charge >= 0.3 is 0 Å². The fourth-order valence-electron chi connectivity index (χ4n) is 3.19. The third-order valence-electron chi connectivity index (χ3n) is 4.83. The average molecular weight is 483 g/mol. The monoisotopic (exact) mass is 482 g/mol. The Morgan fingerprint density at radius 1 is 1.27 bits per heavy atom. The number of hydrogen-bond acceptors (Lipinski definition) is 6. The van der Waals surface area contributed by atoms with Crippen LogP contribution in [0.2, 0.25) is 0 Å². The summed E-state index contributed by atoms with van der Waals surface area (Å²) in [5, 5.41) is 3.14. The standard InChI is InChI=1S/C22H24BrFN4O2/c1-28-7-5-14(6-8-28)12-30-21-11-19-16(10-20(21)29-2)22(26-13-25-19)27-18-4-3-15(23)9-17(18)24/h3-4,9-11,13-14H,5-8,12H2,1-2H3,(H,25,26,27)/i1D3,2D3,12D2. The van der Waals surface area contributed by atoms with Crippen molar-refractivity contribution in [2.75, 3.05) is 39.0 Å². The summed E-state index contributed by atoms with van der Waals surface area (Å²) < 4.78 is 88.2. The molecule has 1 fully saturated rings. The molecule has 8 heteroatoms. The normalized spacial score (nSPS) is 20.6. The fourth-order valence-corrected chi connectivity index (χ4v) is 3.52. The van der Waals surface area contributed by atoms with E-state index in [2.05, 4.69) is 31.2 Å². The summed E-state index contributed by atoms with van der Waals surface area (Å²) in [7, 11) is -2.88. The number of nitrogens with zero attached hydrogens (tertiary/aromatic N) is 3. The lowest BCUT2D eigenvalue weighted by Gasteiger charge is -2.28. The number of nitrogens with one attached hydrogen (secondary N) is 1. The van der Waals surface area contributed by atoms with E-state index in [9.17, 15) is 4.39 Å². The molecule has 0 spiro atoms. The van der Waals surface area contributed by atoms with Gasteiger partial charge in [0.25, 0.3) is 0 Å². The van der Waals surface area contributed by atoms with Crippen molar-refractivity contribution in [1.29, 1.82) is 0 Å². The third kappa shape index (κ3) is 4.65. The molecule has 0 unspecified atom stereocenters. The van der Waals surface area contributed by atoms with E-state index in [0.29, 0.717) is 4.47 Å². The van der Waals surface area contributed by atoms with E-state index in [1.165, 1.54) is 35.5 Å². The van der Waals surface area contributed by atoms with Crippen molar-refractivity contribution in [3.63, 3.8) is 0 Å². The summed E-state index contributed by atoms with van der Waals surface area (Å²) in [6, 6.07) is 7.02. The Bertz CT molecular complexity index is 1320. The molecule has 2 aromatic carbocycles. The first-order valence-corrected chi connectivity index (χ1v) is 10.1. The van der Waals surface area contributed by atoms with Gasteiger partial charge in [-0.05, 0) is 63.1 Å². The van der Waals surface area contributed by atoms with Crippen LogP contribution in [0, 0.1) is 11.7 Å². The molecule has 158 valence electrons. The number of methoxy groups -OCH3 is 1. The smallest absolute Gasteiger partial charge is 0.163 e. The summed E-state index contributed by atoms with van der Waals surface area (Å²) in [6.45, 7) is -4.21. The molecule has 1 aliphatic rings. The summed E-state index contributed by atoms with van der Waals surface area (Å²) >= 11 is 3.20. The number of halogens is 2. The number of fused-ring (bicyclic) bond motifs is 1. The van der Waals surface area contributed by atoms with E-state index in [-0.39, 0.29) is 59.8 Å². The molecule has 0 atom stereocenters. The van der Waals surface area contributed by atoms with Crippen molar-refractivity contribution >= 4 is 38.3 Å². The second kappa shape index (κ2) is 9.14. The number of likely N-dealkylation sites (tertiary alicyclic amines) is 1. The van der Waals surface area contributed by atoms with Gasteiger partial charge in [0.05, 0.1) is 31.7 Å². The Hall–Kier alpha value is -2.45. The lowest BCUT2D eigenvalue weighted by atomic mass is 9.98. The highest BCUT2D eigenvalue weighted by Gasteiger charge is 2.19. The maximum absolute atomic E-state index is 14.4. The number of hydrogen-bond donors (Lipinski definition) is 1. The van der Waals surface area contributed by atoms with E-state index in [1.807, 2.05) is 0 Å². The van der Waals surface area contributed by atoms with Gasteiger partial charge in [0, 0.05) is 20.0 Å². The number of piperidine rings is 1. The second-order valence-electron chi connectivity index (χ2n) is 6.87. The lowest BCUT2D eigenvalue weighted by molar-refractivity contribution is 0.157. The van der Waals surface area contributed by atoms with Crippen molar-refractivity contribution in [3.8, 4) is 11.5 Å². The molecule has 1 aliphatic heterocycles. The van der Waals surface area contributed by atoms with Gasteiger partial charge in [-0.15, -0.1) is 0 Å². The second-order valence-corrected chi connectivity index (χ2v) is 7.79. The van der Waals surface area contributed by atoms with Crippen molar-refractivity contribution in [1.82, 2.24) is 14.9 Å². The molecule has 30 heavy (non-hydrogen) atoms. The highest BCUT2D eigenvalue weighted by molar-refractivity contribution is 9.10. The Balaban J connectivity index is 1.67. The molecular formula is C22H24BrFN4O2. The molecule has 0 saturated carbocycles. The maximum atomic E-state index is 14.4. The van der Waals surface area contributed by atoms with Crippen LogP contribution in [0.25, 0.3) is 10.9 Å². The average Bonchev–Trinajstić information content (AvgIpc) is 2.80. The molecule has 0 radical (unpaired) electrons. The van der Waals surface area contributed by atoms with Gasteiger partial charge < -0.3 is 19.7 Å². The Labute approximate surface area is 194 Å². The molecule has 1 aromatic heterocycles. The zero-order chi connectivity index (χ0) is 27.9. The van der Waals surface area contributed by atoms with E-state index in [4.69, 9.17) is 20.4 Å². The number of benzene rings is 2. The first-order valence-electron chi connectivity index (χ1n) is 13.3. The van der Waals surface area contributed by atoms with Crippen LogP contribution in [0.1, 0.15) is 23.8 Å². The minimum atomic E-state index is -2.88. The van der Waals surface area contributed by atoms with Gasteiger partial charge in [-0.3, -0.25) is 0 Å². The number of anilines is 2. The molecule has 0 aliphatic carbocycles. The van der Waals surface area contributed by atoms with Gasteiger partial charge in [0.15, 0.2) is 11.5 Å². The van der Waals surface area contributed by atoms with E-state index < -0.39 is 32.3 Å². The van der Waals surface area contributed by atoms with Crippen LogP contribution in [0.3, 0.4) is 0 Å². The Morgan fingerprint density at radius 2 is 2.13 bits per heavy atom. The number of ether oxygens (including phenoxy) is 2. The predicted octanol–water partition coefficient (Wildman–Crippen LogP) is 5.00. The molecule has 0 amide bonds. The quantitative estimate of drug-likeness (QED) is 0.533. The van der Waals surface area contributed by atoms with Crippen LogP contribution in [-0.4, -0.2) is 48.5 Å². The van der Waals surface area contributed by atoms with E-state index >= 15 is 0 Å². The summed E-state index contributed by atoms with van der Waals surface area (Å²) in [6.07, 6.45) is 1.67. The topological polar surface area (TPSA) is 59.5 Å². The highest BCUT2D eigenvalue weighted by atomic mass is 79.9. The maximum Gasteiger partial charge on any atom is 0.163 e. The molecular weight excluding hydrogens is 451 g/mol. The molecule has 6 nitrogen and oxygen atoms in total. The summed E-state index contributed by atoms with van der Waals surface area (Å²) in [5.41, 5.74) is 0.382. The van der Waals surface area contributed by atoms with Gasteiger partial charge in [-0.1, -0.05) is 15.9 Å². The molecule has 1 saturated heterocycles. The number of aromatic nitrogens is 2. The highest BCUT2D eigenvalue weighted by Crippen LogP contribution is 2.35. The minimum absolute atomic E-state index is 0.117. The van der Waals surface area contributed by atoms with Crippen LogP contribution in [-0.2, 0) is 0 Å². The van der Waals surface area contributed by atoms with Gasteiger partial charge in [0.2, 0.25) is 0 Å². The molecule has 0 bridgehead atoms. The Kier molecular flexibility index (Phi) is 3.98. The van der Waals surface area contributed by atoms with E-state index in [0.717, 1.165) is 0 Å². The lowest BCUT2D eigenvalue weighted by Crippen LogP contribution is -2.32. The summed E-state index contributed by atoms with van der Waals surface area (Å²) in [5.74, 6) is -1.52. The fraction of sp³-hybridized carbons (Fsp3) is 0.364. The zero-order valence-corrected chi connectivity index (χ0v) is 17.4. The molecule has 2 heterocycles.